The van der Waals surface area contributed by atoms with Crippen molar-refractivity contribution < 1.29 is 4.74 Å². The molecule has 1 heterocycles. The molecule has 0 bridgehead atoms. The zero-order chi connectivity index (χ0) is 9.10. The number of ether oxygens (including phenoxy) is 1. The van der Waals surface area contributed by atoms with Gasteiger partial charge in [0, 0.05) is 19.2 Å². The molecule has 2 heteroatoms. The summed E-state index contributed by atoms with van der Waals surface area (Å²) in [4.78, 5) is 0. The Labute approximate surface area is 81.0 Å². The van der Waals surface area contributed by atoms with Crippen LogP contribution < -0.4 is 5.32 Å². The Bertz CT molecular complexity index is 156. The molecule has 1 aliphatic heterocycles. The van der Waals surface area contributed by atoms with E-state index in [2.05, 4.69) is 12.2 Å². The van der Waals surface area contributed by atoms with Gasteiger partial charge in [-0.2, -0.15) is 0 Å². The second-order valence-corrected chi connectivity index (χ2v) is 4.53. The maximum Gasteiger partial charge on any atom is 0.0714 e. The molecule has 13 heavy (non-hydrogen) atoms. The van der Waals surface area contributed by atoms with Crippen LogP contribution in [-0.4, -0.2) is 25.3 Å². The van der Waals surface area contributed by atoms with E-state index in [1.807, 2.05) is 0 Å². The topological polar surface area (TPSA) is 21.3 Å². The fourth-order valence-electron chi connectivity index (χ4n) is 2.03. The highest BCUT2D eigenvalue weighted by Crippen LogP contribution is 2.29. The average Bonchev–Trinajstić information content (AvgIpc) is 2.85. The summed E-state index contributed by atoms with van der Waals surface area (Å²) in [7, 11) is 0. The van der Waals surface area contributed by atoms with Crippen LogP contribution in [0.1, 0.15) is 39.0 Å². The predicted molar refractivity (Wildman–Crippen MR) is 53.8 cm³/mol. The van der Waals surface area contributed by atoms with E-state index in [0.29, 0.717) is 6.10 Å². The first-order valence-corrected chi connectivity index (χ1v) is 5.73. The first kappa shape index (κ1) is 9.47. The minimum Gasteiger partial charge on any atom is -0.377 e. The molecular weight excluding hydrogens is 162 g/mol. The van der Waals surface area contributed by atoms with E-state index < -0.39 is 0 Å². The van der Waals surface area contributed by atoms with E-state index in [-0.39, 0.29) is 0 Å². The highest BCUT2D eigenvalue weighted by molar-refractivity contribution is 4.83. The van der Waals surface area contributed by atoms with Crippen LogP contribution in [-0.2, 0) is 4.74 Å². The lowest BCUT2D eigenvalue weighted by Crippen LogP contribution is -2.21. The summed E-state index contributed by atoms with van der Waals surface area (Å²) in [5, 5.41) is 3.53. The third-order valence-corrected chi connectivity index (χ3v) is 3.08. The summed E-state index contributed by atoms with van der Waals surface area (Å²) in [6, 6.07) is 0.731. The van der Waals surface area contributed by atoms with Gasteiger partial charge in [0.05, 0.1) is 6.10 Å². The van der Waals surface area contributed by atoms with Crippen LogP contribution in [0.25, 0.3) is 0 Å². The van der Waals surface area contributed by atoms with Crippen molar-refractivity contribution in [1.82, 2.24) is 5.32 Å². The van der Waals surface area contributed by atoms with E-state index >= 15 is 0 Å². The summed E-state index contributed by atoms with van der Waals surface area (Å²) in [6.45, 7) is 4.35. The van der Waals surface area contributed by atoms with Crippen molar-refractivity contribution >= 4 is 0 Å². The minimum absolute atomic E-state index is 0.511. The average molecular weight is 183 g/mol. The summed E-state index contributed by atoms with van der Waals surface area (Å²) in [5.41, 5.74) is 0. The van der Waals surface area contributed by atoms with Gasteiger partial charge in [0.2, 0.25) is 0 Å². The van der Waals surface area contributed by atoms with E-state index in [1.165, 1.54) is 32.1 Å². The zero-order valence-electron chi connectivity index (χ0n) is 8.59. The molecule has 1 saturated heterocycles. The molecule has 0 radical (unpaired) electrons. The molecule has 2 atom stereocenters. The number of hydrogen-bond donors (Lipinski definition) is 1. The Kier molecular flexibility index (Phi) is 3.23. The van der Waals surface area contributed by atoms with Gasteiger partial charge in [-0.25, -0.2) is 0 Å². The second-order valence-electron chi connectivity index (χ2n) is 4.53. The van der Waals surface area contributed by atoms with Crippen molar-refractivity contribution in [2.75, 3.05) is 13.2 Å². The number of hydrogen-bond acceptors (Lipinski definition) is 2. The third kappa shape index (κ3) is 2.96. The molecule has 2 aliphatic rings. The van der Waals surface area contributed by atoms with Gasteiger partial charge in [0.15, 0.2) is 0 Å². The summed E-state index contributed by atoms with van der Waals surface area (Å²) in [6.07, 6.45) is 7.14. The SMILES string of the molecule is CCC[C@H]1C[C@H](OCC2CC2)CN1. The fraction of sp³-hybridized carbons (Fsp3) is 1.00. The minimum atomic E-state index is 0.511. The first-order valence-electron chi connectivity index (χ1n) is 5.73. The van der Waals surface area contributed by atoms with Gasteiger partial charge >= 0.3 is 0 Å². The van der Waals surface area contributed by atoms with Crippen LogP contribution in [0, 0.1) is 5.92 Å². The maximum atomic E-state index is 5.84. The van der Waals surface area contributed by atoms with Gasteiger partial charge < -0.3 is 10.1 Å². The van der Waals surface area contributed by atoms with Crippen LogP contribution >= 0.6 is 0 Å². The van der Waals surface area contributed by atoms with E-state index in [1.54, 1.807) is 0 Å². The van der Waals surface area contributed by atoms with Crippen molar-refractivity contribution in [3.05, 3.63) is 0 Å². The maximum absolute atomic E-state index is 5.84. The first-order chi connectivity index (χ1) is 6.38. The molecule has 0 aromatic carbocycles. The molecular formula is C11H21NO. The zero-order valence-corrected chi connectivity index (χ0v) is 8.59. The molecule has 1 aliphatic carbocycles. The van der Waals surface area contributed by atoms with Crippen LogP contribution in [0.4, 0.5) is 0 Å². The lowest BCUT2D eigenvalue weighted by Gasteiger charge is -2.10. The smallest absolute Gasteiger partial charge is 0.0714 e. The standard InChI is InChI=1S/C11H21NO/c1-2-3-10-6-11(7-12-10)13-8-9-4-5-9/h9-12H,2-8H2,1H3/t10-,11-/m0/s1. The largest absolute Gasteiger partial charge is 0.377 e. The van der Waals surface area contributed by atoms with E-state index in [4.69, 9.17) is 4.74 Å². The summed E-state index contributed by atoms with van der Waals surface area (Å²) >= 11 is 0. The Morgan fingerprint density at radius 2 is 2.23 bits per heavy atom. The monoisotopic (exact) mass is 183 g/mol. The Morgan fingerprint density at radius 1 is 1.38 bits per heavy atom. The van der Waals surface area contributed by atoms with Crippen molar-refractivity contribution in [1.29, 1.82) is 0 Å². The van der Waals surface area contributed by atoms with Gasteiger partial charge in [0.1, 0.15) is 0 Å². The van der Waals surface area contributed by atoms with Crippen molar-refractivity contribution in [3.63, 3.8) is 0 Å². The van der Waals surface area contributed by atoms with Gasteiger partial charge in [-0.3, -0.25) is 0 Å². The van der Waals surface area contributed by atoms with Gasteiger partial charge in [-0.05, 0) is 31.6 Å². The van der Waals surface area contributed by atoms with Crippen LogP contribution in [0.5, 0.6) is 0 Å². The fourth-order valence-corrected chi connectivity index (χ4v) is 2.03. The highest BCUT2D eigenvalue weighted by atomic mass is 16.5. The molecule has 0 amide bonds. The van der Waals surface area contributed by atoms with Crippen molar-refractivity contribution in [2.24, 2.45) is 5.92 Å². The molecule has 1 N–H and O–H groups in total. The van der Waals surface area contributed by atoms with E-state index in [9.17, 15) is 0 Å². The van der Waals surface area contributed by atoms with E-state index in [0.717, 1.165) is 25.1 Å². The highest BCUT2D eigenvalue weighted by Gasteiger charge is 2.27. The molecule has 76 valence electrons. The normalized spacial score (nSPS) is 33.9. The van der Waals surface area contributed by atoms with Crippen molar-refractivity contribution in [2.45, 2.75) is 51.2 Å². The van der Waals surface area contributed by atoms with Crippen molar-refractivity contribution in [3.8, 4) is 0 Å². The third-order valence-electron chi connectivity index (χ3n) is 3.08. The number of rotatable bonds is 5. The Morgan fingerprint density at radius 3 is 2.92 bits per heavy atom. The molecule has 0 aromatic heterocycles. The van der Waals surface area contributed by atoms with Crippen LogP contribution in [0.2, 0.25) is 0 Å². The summed E-state index contributed by atoms with van der Waals surface area (Å²) in [5.74, 6) is 0.908. The van der Waals surface area contributed by atoms with Gasteiger partial charge in [-0.1, -0.05) is 13.3 Å². The van der Waals surface area contributed by atoms with Crippen LogP contribution in [0.3, 0.4) is 0 Å². The molecule has 1 saturated carbocycles. The molecule has 0 unspecified atom stereocenters. The lowest BCUT2D eigenvalue weighted by molar-refractivity contribution is 0.0576. The van der Waals surface area contributed by atoms with Crippen LogP contribution in [0.15, 0.2) is 0 Å². The molecule has 0 spiro atoms. The Hall–Kier alpha value is -0.0800. The Balaban J connectivity index is 1.59. The predicted octanol–water partition coefficient (Wildman–Crippen LogP) is 1.94. The van der Waals surface area contributed by atoms with Gasteiger partial charge in [0.25, 0.3) is 0 Å². The second kappa shape index (κ2) is 4.43. The molecule has 0 aromatic rings. The van der Waals surface area contributed by atoms with Gasteiger partial charge in [-0.15, -0.1) is 0 Å². The molecule has 2 fully saturated rings. The summed E-state index contributed by atoms with van der Waals surface area (Å²) < 4.78 is 5.84. The molecule has 2 rings (SSSR count). The number of nitrogens with one attached hydrogen (secondary N) is 1. The quantitative estimate of drug-likeness (QED) is 0.703. The molecule has 2 nitrogen and oxygen atoms in total. The lowest BCUT2D eigenvalue weighted by atomic mass is 10.1.